The van der Waals surface area contributed by atoms with Gasteiger partial charge >= 0.3 is 6.09 Å². The van der Waals surface area contributed by atoms with Gasteiger partial charge < -0.3 is 19.5 Å². The lowest BCUT2D eigenvalue weighted by molar-refractivity contribution is 0.0848. The fourth-order valence-corrected chi connectivity index (χ4v) is 5.00. The highest BCUT2D eigenvalue weighted by atomic mass is 16.6. The van der Waals surface area contributed by atoms with Crippen molar-refractivity contribution in [2.45, 2.75) is 32.0 Å². The van der Waals surface area contributed by atoms with Gasteiger partial charge in [0, 0.05) is 38.3 Å². The molecule has 1 fully saturated rings. The summed E-state index contributed by atoms with van der Waals surface area (Å²) in [6.45, 7) is 3.57. The average molecular weight is 534 g/mol. The molecule has 0 aliphatic carbocycles. The molecule has 0 aromatic carbocycles. The minimum Gasteiger partial charge on any atom is -0.486 e. The molecule has 0 radical (unpaired) electrons. The van der Waals surface area contributed by atoms with Crippen LogP contribution in [0.1, 0.15) is 18.5 Å². The van der Waals surface area contributed by atoms with Crippen LogP contribution in [0, 0.1) is 0 Å². The maximum absolute atomic E-state index is 12.7. The van der Waals surface area contributed by atoms with Crippen LogP contribution in [0.25, 0.3) is 17.0 Å². The molecule has 1 N–H and O–H groups in total. The number of likely N-dealkylation sites (tertiary alicyclic amines) is 1. The molecule has 2 aliphatic rings. The highest BCUT2D eigenvalue weighted by molar-refractivity contribution is 5.71. The molecular weight excluding hydrogens is 506 g/mol. The Morgan fingerprint density at radius 2 is 1.90 bits per heavy atom. The van der Waals surface area contributed by atoms with Gasteiger partial charge in [-0.3, -0.25) is 19.2 Å². The van der Waals surface area contributed by atoms with E-state index in [0.717, 1.165) is 0 Å². The van der Waals surface area contributed by atoms with Crippen LogP contribution in [0.5, 0.6) is 11.5 Å². The first-order chi connectivity index (χ1) is 19.0. The fourth-order valence-electron chi connectivity index (χ4n) is 5.00. The molecule has 0 bridgehead atoms. The molecule has 39 heavy (non-hydrogen) atoms. The van der Waals surface area contributed by atoms with Gasteiger partial charge in [0.25, 0.3) is 5.56 Å². The molecule has 4 aromatic rings. The molecule has 0 saturated carbocycles. The summed E-state index contributed by atoms with van der Waals surface area (Å²) >= 11 is 0. The van der Waals surface area contributed by atoms with E-state index in [0.29, 0.717) is 86.4 Å². The highest BCUT2D eigenvalue weighted by Gasteiger charge is 2.29. The Hall–Kier alpha value is -4.59. The number of amides is 1. The van der Waals surface area contributed by atoms with E-state index in [1.807, 2.05) is 0 Å². The quantitative estimate of drug-likeness (QED) is 0.364. The van der Waals surface area contributed by atoms with Crippen molar-refractivity contribution in [3.8, 4) is 17.3 Å². The van der Waals surface area contributed by atoms with Gasteiger partial charge in [0.1, 0.15) is 31.4 Å². The van der Waals surface area contributed by atoms with Gasteiger partial charge in [0.05, 0.1) is 24.6 Å². The van der Waals surface area contributed by atoms with Crippen molar-refractivity contribution in [1.29, 1.82) is 0 Å². The van der Waals surface area contributed by atoms with E-state index < -0.39 is 6.09 Å². The third kappa shape index (κ3) is 5.23. The topological polar surface area (TPSA) is 154 Å². The molecule has 0 atom stereocenters. The van der Waals surface area contributed by atoms with Crippen LogP contribution in [0.2, 0.25) is 0 Å². The van der Waals surface area contributed by atoms with Crippen LogP contribution in [0.4, 0.5) is 4.79 Å². The van der Waals surface area contributed by atoms with Gasteiger partial charge in [-0.2, -0.15) is 5.10 Å². The monoisotopic (exact) mass is 533 g/mol. The van der Waals surface area contributed by atoms with E-state index in [9.17, 15) is 14.7 Å². The molecule has 4 aromatic heterocycles. The van der Waals surface area contributed by atoms with Crippen LogP contribution < -0.4 is 15.0 Å². The number of hydrogen-bond acceptors (Lipinski definition) is 10. The first kappa shape index (κ1) is 24.7. The van der Waals surface area contributed by atoms with E-state index in [4.69, 9.17) is 9.47 Å². The Balaban J connectivity index is 1.10. The summed E-state index contributed by atoms with van der Waals surface area (Å²) in [5.74, 6) is 1.71. The second-order valence-electron chi connectivity index (χ2n) is 9.40. The van der Waals surface area contributed by atoms with Gasteiger partial charge in [-0.1, -0.05) is 0 Å². The predicted molar refractivity (Wildman–Crippen MR) is 137 cm³/mol. The van der Waals surface area contributed by atoms with Crippen LogP contribution in [-0.4, -0.2) is 94.2 Å². The first-order valence-corrected chi connectivity index (χ1v) is 12.7. The normalized spacial score (nSPS) is 15.9. The zero-order valence-corrected chi connectivity index (χ0v) is 21.1. The second kappa shape index (κ2) is 10.6. The maximum atomic E-state index is 12.7. The first-order valence-electron chi connectivity index (χ1n) is 12.7. The van der Waals surface area contributed by atoms with Crippen molar-refractivity contribution in [1.82, 2.24) is 44.1 Å². The van der Waals surface area contributed by atoms with Crippen molar-refractivity contribution in [3.63, 3.8) is 0 Å². The molecule has 14 nitrogen and oxygen atoms in total. The van der Waals surface area contributed by atoms with Gasteiger partial charge in [-0.25, -0.2) is 24.4 Å². The van der Waals surface area contributed by atoms with Crippen LogP contribution in [0.3, 0.4) is 0 Å². The largest absolute Gasteiger partial charge is 0.486 e. The number of ether oxygens (including phenoxy) is 2. The SMILES string of the molecule is O=C(O)N(Cc1cc2c(cn1)OCCO2)C1CCN(CCn2c(=O)cnc3ccc(-n4cncn4)nc32)CC1. The van der Waals surface area contributed by atoms with Crippen LogP contribution in [-0.2, 0) is 13.1 Å². The number of nitrogens with zero attached hydrogens (tertiary/aromatic N) is 9. The van der Waals surface area contributed by atoms with E-state index in [1.54, 1.807) is 35.3 Å². The molecule has 1 saturated heterocycles. The van der Waals surface area contributed by atoms with Crippen molar-refractivity contribution >= 4 is 17.3 Å². The van der Waals surface area contributed by atoms with E-state index in [-0.39, 0.29) is 18.1 Å². The summed E-state index contributed by atoms with van der Waals surface area (Å²) in [7, 11) is 0. The number of aromatic nitrogens is 7. The fraction of sp³-hybridized carbons (Fsp3) is 0.400. The summed E-state index contributed by atoms with van der Waals surface area (Å²) in [4.78, 5) is 45.7. The average Bonchev–Trinajstić information content (AvgIpc) is 3.51. The minimum absolute atomic E-state index is 0.134. The highest BCUT2D eigenvalue weighted by Crippen LogP contribution is 2.30. The standard InChI is InChI=1S/C25H27N9O5/c35-23-13-28-19-1-2-22(34-16-26-15-29-34)30-24(19)32(23)8-7-31-5-3-18(4-6-31)33(25(36)37)14-17-11-20-21(12-27-17)39-10-9-38-20/h1-2,11-13,15-16,18H,3-10,14H2,(H,36,37). The zero-order valence-electron chi connectivity index (χ0n) is 21.1. The summed E-state index contributed by atoms with van der Waals surface area (Å²) < 4.78 is 14.3. The van der Waals surface area contributed by atoms with Crippen LogP contribution in [0.15, 0.2) is 48.0 Å². The number of piperidine rings is 1. The molecule has 0 spiro atoms. The van der Waals surface area contributed by atoms with Gasteiger partial charge in [0.15, 0.2) is 23.0 Å². The Morgan fingerprint density at radius 1 is 1.08 bits per heavy atom. The smallest absolute Gasteiger partial charge is 0.407 e. The molecule has 6 heterocycles. The number of carboxylic acid groups (broad SMARTS) is 1. The molecule has 14 heteroatoms. The second-order valence-corrected chi connectivity index (χ2v) is 9.40. The lowest BCUT2D eigenvalue weighted by Gasteiger charge is -2.37. The lowest BCUT2D eigenvalue weighted by Crippen LogP contribution is -2.47. The predicted octanol–water partition coefficient (Wildman–Crippen LogP) is 1.18. The van der Waals surface area contributed by atoms with E-state index >= 15 is 0 Å². The van der Waals surface area contributed by atoms with Gasteiger partial charge in [-0.15, -0.1) is 0 Å². The molecule has 2 aliphatic heterocycles. The summed E-state index contributed by atoms with van der Waals surface area (Å²) in [5, 5.41) is 14.0. The zero-order chi connectivity index (χ0) is 26.8. The Labute approximate surface area is 222 Å². The summed E-state index contributed by atoms with van der Waals surface area (Å²) in [5.41, 5.74) is 1.48. The Morgan fingerprint density at radius 3 is 2.67 bits per heavy atom. The minimum atomic E-state index is -0.978. The van der Waals surface area contributed by atoms with Crippen molar-refractivity contribution in [2.24, 2.45) is 0 Å². The third-order valence-electron chi connectivity index (χ3n) is 7.03. The van der Waals surface area contributed by atoms with Crippen LogP contribution >= 0.6 is 0 Å². The lowest BCUT2D eigenvalue weighted by atomic mass is 10.0. The number of hydrogen-bond donors (Lipinski definition) is 1. The molecule has 0 unspecified atom stereocenters. The Bertz CT molecular complexity index is 1530. The maximum Gasteiger partial charge on any atom is 0.407 e. The number of fused-ring (bicyclic) bond motifs is 2. The number of carbonyl (C=O) groups is 1. The van der Waals surface area contributed by atoms with E-state index in [2.05, 4.69) is 29.9 Å². The Kier molecular flexibility index (Phi) is 6.75. The van der Waals surface area contributed by atoms with Crippen molar-refractivity contribution in [3.05, 3.63) is 59.3 Å². The summed E-state index contributed by atoms with van der Waals surface area (Å²) in [6, 6.07) is 5.19. The van der Waals surface area contributed by atoms with Crippen molar-refractivity contribution in [2.75, 3.05) is 32.8 Å². The molecule has 1 amide bonds. The van der Waals surface area contributed by atoms with Gasteiger partial charge in [-0.05, 0) is 25.0 Å². The van der Waals surface area contributed by atoms with E-state index in [1.165, 1.54) is 22.1 Å². The number of pyridine rings is 2. The van der Waals surface area contributed by atoms with Crippen molar-refractivity contribution < 1.29 is 19.4 Å². The molecule has 202 valence electrons. The number of rotatable bonds is 7. The molecular formula is C25H27N9O5. The third-order valence-corrected chi connectivity index (χ3v) is 7.03. The van der Waals surface area contributed by atoms with Gasteiger partial charge in [0.2, 0.25) is 0 Å². The summed E-state index contributed by atoms with van der Waals surface area (Å²) in [6.07, 6.45) is 6.23. The molecule has 6 rings (SSSR count).